The molecule has 0 amide bonds. The summed E-state index contributed by atoms with van der Waals surface area (Å²) in [4.78, 5) is 2.55. The minimum Gasteiger partial charge on any atom is -0.329 e. The predicted octanol–water partition coefficient (Wildman–Crippen LogP) is 2.87. The molecule has 0 bridgehead atoms. The molecule has 1 saturated carbocycles. The lowest BCUT2D eigenvalue weighted by Crippen LogP contribution is -2.39. The Morgan fingerprint density at radius 3 is 2.12 bits per heavy atom. The predicted molar refractivity (Wildman–Crippen MR) is 71.5 cm³/mol. The third-order valence-electron chi connectivity index (χ3n) is 4.18. The highest BCUT2D eigenvalue weighted by atomic mass is 15.1. The maximum absolute atomic E-state index is 5.67. The molecule has 0 heterocycles. The molecule has 0 unspecified atom stereocenters. The lowest BCUT2D eigenvalue weighted by Gasteiger charge is -2.34. The van der Waals surface area contributed by atoms with E-state index in [1.54, 1.807) is 0 Å². The summed E-state index contributed by atoms with van der Waals surface area (Å²) in [5, 5.41) is 0. The Kier molecular flexibility index (Phi) is 6.37. The second-order valence-electron chi connectivity index (χ2n) is 5.67. The molecule has 0 saturated heterocycles. The highest BCUT2D eigenvalue weighted by Gasteiger charge is 2.22. The van der Waals surface area contributed by atoms with Crippen LogP contribution in [0.5, 0.6) is 0 Å². The molecule has 0 spiro atoms. The SMILES string of the molecule is CCC1CCC(CN(CCN)C(C)C)CC1. The topological polar surface area (TPSA) is 29.3 Å². The smallest absolute Gasteiger partial charge is 0.0107 e. The van der Waals surface area contributed by atoms with Crippen LogP contribution in [0.15, 0.2) is 0 Å². The molecule has 2 N–H and O–H groups in total. The lowest BCUT2D eigenvalue weighted by atomic mass is 9.80. The van der Waals surface area contributed by atoms with E-state index >= 15 is 0 Å². The first kappa shape index (κ1) is 14.0. The molecule has 1 aliphatic rings. The fourth-order valence-electron chi connectivity index (χ4n) is 2.88. The Balaban J connectivity index is 2.30. The standard InChI is InChI=1S/C14H30N2/c1-4-13-5-7-14(8-6-13)11-16(10-9-15)12(2)3/h12-14H,4-11,15H2,1-3H3. The van der Waals surface area contributed by atoms with Gasteiger partial charge in [0.25, 0.3) is 0 Å². The zero-order valence-electron chi connectivity index (χ0n) is 11.4. The van der Waals surface area contributed by atoms with Crippen LogP contribution < -0.4 is 5.73 Å². The lowest BCUT2D eigenvalue weighted by molar-refractivity contribution is 0.154. The molecule has 2 heteroatoms. The molecule has 0 aromatic carbocycles. The summed E-state index contributed by atoms with van der Waals surface area (Å²) in [6, 6.07) is 0.646. The van der Waals surface area contributed by atoms with Gasteiger partial charge in [-0.05, 0) is 38.5 Å². The molecule has 1 rings (SSSR count). The van der Waals surface area contributed by atoms with E-state index in [9.17, 15) is 0 Å². The molecule has 0 radical (unpaired) electrons. The second-order valence-corrected chi connectivity index (χ2v) is 5.67. The molecule has 1 fully saturated rings. The van der Waals surface area contributed by atoms with Crippen molar-refractivity contribution in [3.63, 3.8) is 0 Å². The average Bonchev–Trinajstić information content (AvgIpc) is 2.29. The Morgan fingerprint density at radius 1 is 1.12 bits per heavy atom. The van der Waals surface area contributed by atoms with Gasteiger partial charge in [-0.2, -0.15) is 0 Å². The van der Waals surface area contributed by atoms with E-state index < -0.39 is 0 Å². The molecular weight excluding hydrogens is 196 g/mol. The first-order valence-electron chi connectivity index (χ1n) is 7.11. The zero-order chi connectivity index (χ0) is 12.0. The van der Waals surface area contributed by atoms with Gasteiger partial charge in [0.1, 0.15) is 0 Å². The van der Waals surface area contributed by atoms with Crippen molar-refractivity contribution in [2.45, 2.75) is 58.9 Å². The first-order valence-corrected chi connectivity index (χ1v) is 7.11. The molecule has 96 valence electrons. The minimum absolute atomic E-state index is 0.646. The summed E-state index contributed by atoms with van der Waals surface area (Å²) in [5.41, 5.74) is 5.67. The van der Waals surface area contributed by atoms with Crippen LogP contribution >= 0.6 is 0 Å². The fourth-order valence-corrected chi connectivity index (χ4v) is 2.88. The van der Waals surface area contributed by atoms with E-state index in [0.717, 1.165) is 24.9 Å². The maximum Gasteiger partial charge on any atom is 0.0107 e. The summed E-state index contributed by atoms with van der Waals surface area (Å²) < 4.78 is 0. The van der Waals surface area contributed by atoms with E-state index in [2.05, 4.69) is 25.7 Å². The van der Waals surface area contributed by atoms with E-state index in [-0.39, 0.29) is 0 Å². The first-order chi connectivity index (χ1) is 7.67. The van der Waals surface area contributed by atoms with Gasteiger partial charge >= 0.3 is 0 Å². The van der Waals surface area contributed by atoms with E-state index in [4.69, 9.17) is 5.73 Å². The summed E-state index contributed by atoms with van der Waals surface area (Å²) >= 11 is 0. The molecule has 0 aromatic heterocycles. The van der Waals surface area contributed by atoms with Gasteiger partial charge in [0.05, 0.1) is 0 Å². The summed E-state index contributed by atoms with van der Waals surface area (Å²) in [6.07, 6.45) is 7.16. The molecule has 0 aromatic rings. The third-order valence-corrected chi connectivity index (χ3v) is 4.18. The number of hydrogen-bond donors (Lipinski definition) is 1. The van der Waals surface area contributed by atoms with Crippen molar-refractivity contribution in [2.75, 3.05) is 19.6 Å². The van der Waals surface area contributed by atoms with Crippen molar-refractivity contribution >= 4 is 0 Å². The van der Waals surface area contributed by atoms with Crippen LogP contribution in [0.1, 0.15) is 52.9 Å². The summed E-state index contributed by atoms with van der Waals surface area (Å²) in [6.45, 7) is 10.0. The number of nitrogens with two attached hydrogens (primary N) is 1. The van der Waals surface area contributed by atoms with Crippen LogP contribution in [0.25, 0.3) is 0 Å². The summed E-state index contributed by atoms with van der Waals surface area (Å²) in [7, 11) is 0. The molecule has 0 aliphatic heterocycles. The van der Waals surface area contributed by atoms with Gasteiger partial charge in [-0.1, -0.05) is 26.2 Å². The van der Waals surface area contributed by atoms with Crippen molar-refractivity contribution in [3.05, 3.63) is 0 Å². The number of hydrogen-bond acceptors (Lipinski definition) is 2. The van der Waals surface area contributed by atoms with Gasteiger partial charge in [-0.3, -0.25) is 4.90 Å². The van der Waals surface area contributed by atoms with Crippen LogP contribution in [0.3, 0.4) is 0 Å². The Morgan fingerprint density at radius 2 is 1.69 bits per heavy atom. The van der Waals surface area contributed by atoms with Crippen molar-refractivity contribution < 1.29 is 0 Å². The molecule has 0 atom stereocenters. The number of rotatable bonds is 6. The maximum atomic E-state index is 5.67. The quantitative estimate of drug-likeness (QED) is 0.754. The van der Waals surface area contributed by atoms with Crippen LogP contribution in [0.2, 0.25) is 0 Å². The fraction of sp³-hybridized carbons (Fsp3) is 1.00. The van der Waals surface area contributed by atoms with Crippen molar-refractivity contribution in [1.82, 2.24) is 4.90 Å². The van der Waals surface area contributed by atoms with Gasteiger partial charge < -0.3 is 5.73 Å². The van der Waals surface area contributed by atoms with E-state index in [1.165, 1.54) is 38.6 Å². The monoisotopic (exact) mass is 226 g/mol. The van der Waals surface area contributed by atoms with Gasteiger partial charge in [0.15, 0.2) is 0 Å². The van der Waals surface area contributed by atoms with Gasteiger partial charge in [-0.25, -0.2) is 0 Å². The molecule has 16 heavy (non-hydrogen) atoms. The Labute approximate surface area is 102 Å². The van der Waals surface area contributed by atoms with Gasteiger partial charge in [0.2, 0.25) is 0 Å². The van der Waals surface area contributed by atoms with E-state index in [1.807, 2.05) is 0 Å². The largest absolute Gasteiger partial charge is 0.329 e. The van der Waals surface area contributed by atoms with Gasteiger partial charge in [-0.15, -0.1) is 0 Å². The molecule has 1 aliphatic carbocycles. The average molecular weight is 226 g/mol. The Bertz CT molecular complexity index is 172. The second kappa shape index (κ2) is 7.29. The van der Waals surface area contributed by atoms with Crippen LogP contribution in [0.4, 0.5) is 0 Å². The van der Waals surface area contributed by atoms with Crippen LogP contribution in [0, 0.1) is 11.8 Å². The van der Waals surface area contributed by atoms with Crippen LogP contribution in [-0.2, 0) is 0 Å². The zero-order valence-corrected chi connectivity index (χ0v) is 11.4. The number of nitrogens with zero attached hydrogens (tertiary/aromatic N) is 1. The summed E-state index contributed by atoms with van der Waals surface area (Å²) in [5.74, 6) is 1.94. The van der Waals surface area contributed by atoms with Gasteiger partial charge in [0, 0.05) is 25.7 Å². The van der Waals surface area contributed by atoms with Crippen molar-refractivity contribution in [1.29, 1.82) is 0 Å². The molecule has 2 nitrogen and oxygen atoms in total. The van der Waals surface area contributed by atoms with Crippen LogP contribution in [-0.4, -0.2) is 30.6 Å². The van der Waals surface area contributed by atoms with Crippen molar-refractivity contribution in [2.24, 2.45) is 17.6 Å². The third kappa shape index (κ3) is 4.42. The normalized spacial score (nSPS) is 26.6. The highest BCUT2D eigenvalue weighted by molar-refractivity contribution is 4.76. The molecular formula is C14H30N2. The van der Waals surface area contributed by atoms with Crippen molar-refractivity contribution in [3.8, 4) is 0 Å². The van der Waals surface area contributed by atoms with E-state index in [0.29, 0.717) is 6.04 Å². The Hall–Kier alpha value is -0.0800. The minimum atomic E-state index is 0.646. The highest BCUT2D eigenvalue weighted by Crippen LogP contribution is 2.31.